The van der Waals surface area contributed by atoms with Crippen LogP contribution in [0.5, 0.6) is 0 Å². The van der Waals surface area contributed by atoms with Crippen LogP contribution in [0.1, 0.15) is 30.4 Å². The van der Waals surface area contributed by atoms with Gasteiger partial charge in [-0.2, -0.15) is 0 Å². The average molecular weight is 258 g/mol. The second-order valence-electron chi connectivity index (χ2n) is 4.67. The number of aliphatic carboxylic acids is 1. The van der Waals surface area contributed by atoms with E-state index in [1.807, 2.05) is 19.1 Å². The number of carbonyl (C=O) groups is 1. The second-order valence-corrected chi connectivity index (χ2v) is 4.67. The van der Waals surface area contributed by atoms with Crippen molar-refractivity contribution in [3.8, 4) is 11.3 Å². The highest BCUT2D eigenvalue weighted by Crippen LogP contribution is 2.23. The van der Waals surface area contributed by atoms with Gasteiger partial charge in [-0.25, -0.2) is 4.98 Å². The summed E-state index contributed by atoms with van der Waals surface area (Å²) in [6, 6.07) is 8.17. The molecule has 0 unspecified atom stereocenters. The van der Waals surface area contributed by atoms with E-state index in [-0.39, 0.29) is 6.42 Å². The summed E-state index contributed by atoms with van der Waals surface area (Å²) in [4.78, 5) is 18.3. The number of H-pyrrole nitrogens is 1. The van der Waals surface area contributed by atoms with Crippen molar-refractivity contribution in [1.29, 1.82) is 0 Å². The standard InChI is InChI=1S/C15H18N2O2/c1-3-4-11-5-7-12(8-6-11)15-13(9-14(18)19)16-10(2)17-15/h5-8H,3-4,9H2,1-2H3,(H,16,17)(H,18,19). The predicted molar refractivity (Wildman–Crippen MR) is 74.1 cm³/mol. The number of rotatable bonds is 5. The number of nitrogens with zero attached hydrogens (tertiary/aromatic N) is 1. The maximum absolute atomic E-state index is 10.9. The van der Waals surface area contributed by atoms with E-state index in [1.165, 1.54) is 5.56 Å². The Balaban J connectivity index is 2.32. The lowest BCUT2D eigenvalue weighted by Gasteiger charge is -2.03. The maximum atomic E-state index is 10.9. The lowest BCUT2D eigenvalue weighted by Crippen LogP contribution is -2.02. The van der Waals surface area contributed by atoms with Gasteiger partial charge in [0, 0.05) is 5.56 Å². The normalized spacial score (nSPS) is 10.6. The van der Waals surface area contributed by atoms with E-state index in [4.69, 9.17) is 5.11 Å². The molecule has 1 heterocycles. The van der Waals surface area contributed by atoms with Crippen molar-refractivity contribution in [3.05, 3.63) is 41.3 Å². The molecule has 1 aromatic heterocycles. The van der Waals surface area contributed by atoms with Crippen LogP contribution >= 0.6 is 0 Å². The first-order valence-electron chi connectivity index (χ1n) is 6.46. The Kier molecular flexibility index (Phi) is 4.00. The van der Waals surface area contributed by atoms with Gasteiger partial charge in [0.1, 0.15) is 5.82 Å². The number of imidazole rings is 1. The third-order valence-corrected chi connectivity index (χ3v) is 2.99. The highest BCUT2D eigenvalue weighted by molar-refractivity contribution is 5.74. The average Bonchev–Trinajstić information content (AvgIpc) is 2.71. The summed E-state index contributed by atoms with van der Waals surface area (Å²) in [5.41, 5.74) is 3.65. The van der Waals surface area contributed by atoms with Crippen LogP contribution in [0.15, 0.2) is 24.3 Å². The monoisotopic (exact) mass is 258 g/mol. The number of nitrogens with one attached hydrogen (secondary N) is 1. The quantitative estimate of drug-likeness (QED) is 0.866. The molecule has 1 aromatic carbocycles. The van der Waals surface area contributed by atoms with Crippen molar-refractivity contribution < 1.29 is 9.90 Å². The molecule has 0 fully saturated rings. The highest BCUT2D eigenvalue weighted by Gasteiger charge is 2.13. The molecule has 0 aliphatic carbocycles. The molecular formula is C15H18N2O2. The largest absolute Gasteiger partial charge is 0.481 e. The smallest absolute Gasteiger partial charge is 0.309 e. The number of hydrogen-bond acceptors (Lipinski definition) is 2. The van der Waals surface area contributed by atoms with Gasteiger partial charge in [-0.1, -0.05) is 37.6 Å². The van der Waals surface area contributed by atoms with Crippen molar-refractivity contribution >= 4 is 5.97 Å². The van der Waals surface area contributed by atoms with Crippen molar-refractivity contribution in [2.24, 2.45) is 0 Å². The molecule has 0 amide bonds. The van der Waals surface area contributed by atoms with E-state index >= 15 is 0 Å². The molecule has 2 N–H and O–H groups in total. The molecule has 0 aliphatic rings. The summed E-state index contributed by atoms with van der Waals surface area (Å²) in [5.74, 6) is -0.114. The minimum Gasteiger partial charge on any atom is -0.481 e. The summed E-state index contributed by atoms with van der Waals surface area (Å²) >= 11 is 0. The van der Waals surface area contributed by atoms with Crippen LogP contribution in [0.2, 0.25) is 0 Å². The molecule has 19 heavy (non-hydrogen) atoms. The molecule has 0 aliphatic heterocycles. The molecule has 0 atom stereocenters. The van der Waals surface area contributed by atoms with E-state index in [9.17, 15) is 4.79 Å². The molecule has 4 heteroatoms. The van der Waals surface area contributed by atoms with Crippen LogP contribution in [-0.2, 0) is 17.6 Å². The fourth-order valence-corrected chi connectivity index (χ4v) is 2.18. The SMILES string of the molecule is CCCc1ccc(-c2nc(C)[nH]c2CC(=O)O)cc1. The lowest BCUT2D eigenvalue weighted by atomic mass is 10.0. The number of carboxylic acid groups (broad SMARTS) is 1. The molecule has 0 saturated carbocycles. The lowest BCUT2D eigenvalue weighted by molar-refractivity contribution is -0.136. The van der Waals surface area contributed by atoms with E-state index in [0.717, 1.165) is 29.9 Å². The summed E-state index contributed by atoms with van der Waals surface area (Å²) in [5, 5.41) is 8.91. The van der Waals surface area contributed by atoms with E-state index in [2.05, 4.69) is 29.0 Å². The fraction of sp³-hybridized carbons (Fsp3) is 0.333. The minimum absolute atomic E-state index is 0.0348. The molecular weight excluding hydrogens is 240 g/mol. The molecule has 2 rings (SSSR count). The van der Waals surface area contributed by atoms with Gasteiger partial charge >= 0.3 is 5.97 Å². The van der Waals surface area contributed by atoms with Gasteiger partial charge < -0.3 is 10.1 Å². The van der Waals surface area contributed by atoms with Crippen LogP contribution in [-0.4, -0.2) is 21.0 Å². The van der Waals surface area contributed by atoms with Crippen molar-refractivity contribution in [2.75, 3.05) is 0 Å². The van der Waals surface area contributed by atoms with Crippen molar-refractivity contribution in [3.63, 3.8) is 0 Å². The highest BCUT2D eigenvalue weighted by atomic mass is 16.4. The third-order valence-electron chi connectivity index (χ3n) is 2.99. The van der Waals surface area contributed by atoms with Crippen LogP contribution in [0.4, 0.5) is 0 Å². The van der Waals surface area contributed by atoms with Gasteiger partial charge in [-0.15, -0.1) is 0 Å². The molecule has 0 saturated heterocycles. The number of aromatic amines is 1. The number of hydrogen-bond donors (Lipinski definition) is 2. The Morgan fingerprint density at radius 3 is 2.58 bits per heavy atom. The first-order valence-corrected chi connectivity index (χ1v) is 6.46. The molecule has 0 spiro atoms. The Labute approximate surface area is 112 Å². The summed E-state index contributed by atoms with van der Waals surface area (Å²) in [6.07, 6.45) is 2.14. The van der Waals surface area contributed by atoms with Gasteiger partial charge in [0.05, 0.1) is 17.8 Å². The van der Waals surface area contributed by atoms with Crippen LogP contribution < -0.4 is 0 Å². The van der Waals surface area contributed by atoms with Gasteiger partial charge in [0.25, 0.3) is 0 Å². The Bertz CT molecular complexity index is 570. The topological polar surface area (TPSA) is 66.0 Å². The third kappa shape index (κ3) is 3.22. The zero-order valence-corrected chi connectivity index (χ0v) is 11.2. The number of aromatic nitrogens is 2. The van der Waals surface area contributed by atoms with E-state index in [1.54, 1.807) is 0 Å². The summed E-state index contributed by atoms with van der Waals surface area (Å²) in [6.45, 7) is 3.98. The van der Waals surface area contributed by atoms with Gasteiger partial charge in [-0.3, -0.25) is 4.79 Å². The van der Waals surface area contributed by atoms with Crippen molar-refractivity contribution in [1.82, 2.24) is 9.97 Å². The zero-order chi connectivity index (χ0) is 13.8. The zero-order valence-electron chi connectivity index (χ0n) is 11.2. The van der Waals surface area contributed by atoms with Gasteiger partial charge in [0.15, 0.2) is 0 Å². The first kappa shape index (κ1) is 13.3. The number of benzene rings is 1. The van der Waals surface area contributed by atoms with Crippen LogP contribution in [0.25, 0.3) is 11.3 Å². The molecule has 2 aromatic rings. The fourth-order valence-electron chi connectivity index (χ4n) is 2.18. The van der Waals surface area contributed by atoms with E-state index < -0.39 is 5.97 Å². The number of carboxylic acids is 1. The van der Waals surface area contributed by atoms with Crippen LogP contribution in [0.3, 0.4) is 0 Å². The second kappa shape index (κ2) is 5.69. The number of aryl methyl sites for hydroxylation is 2. The Morgan fingerprint density at radius 1 is 1.32 bits per heavy atom. The summed E-state index contributed by atoms with van der Waals surface area (Å²) < 4.78 is 0. The van der Waals surface area contributed by atoms with Crippen LogP contribution in [0, 0.1) is 6.92 Å². The first-order chi connectivity index (χ1) is 9.10. The van der Waals surface area contributed by atoms with E-state index in [0.29, 0.717) is 5.69 Å². The molecule has 0 radical (unpaired) electrons. The Morgan fingerprint density at radius 2 is 2.00 bits per heavy atom. The summed E-state index contributed by atoms with van der Waals surface area (Å²) in [7, 11) is 0. The maximum Gasteiger partial charge on any atom is 0.309 e. The van der Waals surface area contributed by atoms with Gasteiger partial charge in [0.2, 0.25) is 0 Å². The Hall–Kier alpha value is -2.10. The van der Waals surface area contributed by atoms with Crippen molar-refractivity contribution in [2.45, 2.75) is 33.1 Å². The molecule has 100 valence electrons. The molecule has 4 nitrogen and oxygen atoms in total. The minimum atomic E-state index is -0.854. The predicted octanol–water partition coefficient (Wildman–Crippen LogP) is 2.96. The molecule has 0 bridgehead atoms. The van der Waals surface area contributed by atoms with Gasteiger partial charge in [-0.05, 0) is 18.9 Å².